The van der Waals surface area contributed by atoms with Crippen molar-refractivity contribution < 1.29 is 19.1 Å². The Kier molecular flexibility index (Phi) is 5.31. The van der Waals surface area contributed by atoms with E-state index in [2.05, 4.69) is 27.4 Å². The molecule has 1 aliphatic rings. The predicted octanol–water partition coefficient (Wildman–Crippen LogP) is 2.66. The maximum absolute atomic E-state index is 12.6. The molecule has 3 amide bonds. The van der Waals surface area contributed by atoms with Gasteiger partial charge in [-0.25, -0.2) is 4.79 Å². The van der Waals surface area contributed by atoms with E-state index in [0.29, 0.717) is 16.5 Å². The molecule has 8 nitrogen and oxygen atoms in total. The van der Waals surface area contributed by atoms with Gasteiger partial charge in [-0.05, 0) is 43.7 Å². The van der Waals surface area contributed by atoms with E-state index < -0.39 is 17.9 Å². The highest BCUT2D eigenvalue weighted by molar-refractivity contribution is 7.17. The Hall–Kier alpha value is -2.68. The molecule has 1 atom stereocenters. The predicted molar refractivity (Wildman–Crippen MR) is 101 cm³/mol. The molecule has 0 saturated heterocycles. The summed E-state index contributed by atoms with van der Waals surface area (Å²) >= 11 is 1.38. The number of ether oxygens (including phenoxy) is 1. The van der Waals surface area contributed by atoms with Crippen molar-refractivity contribution in [2.24, 2.45) is 13.0 Å². The number of anilines is 1. The summed E-state index contributed by atoms with van der Waals surface area (Å²) in [7, 11) is 2.95. The first kappa shape index (κ1) is 19.1. The molecular formula is C18H22N4O4S. The van der Waals surface area contributed by atoms with Crippen molar-refractivity contribution in [3.63, 3.8) is 0 Å². The molecule has 0 aromatic carbocycles. The van der Waals surface area contributed by atoms with Crippen LogP contribution in [0.4, 0.5) is 9.80 Å². The molecule has 9 heteroatoms. The van der Waals surface area contributed by atoms with Crippen LogP contribution < -0.4 is 10.6 Å². The summed E-state index contributed by atoms with van der Waals surface area (Å²) in [6.45, 7) is 4.01. The lowest BCUT2D eigenvalue weighted by atomic mass is 9.88. The maximum atomic E-state index is 12.6. The van der Waals surface area contributed by atoms with Crippen molar-refractivity contribution in [1.29, 1.82) is 0 Å². The lowest BCUT2D eigenvalue weighted by Crippen LogP contribution is -2.31. The summed E-state index contributed by atoms with van der Waals surface area (Å²) in [5, 5.41) is 9.60. The minimum absolute atomic E-state index is 0.272. The van der Waals surface area contributed by atoms with E-state index in [1.807, 2.05) is 6.92 Å². The van der Waals surface area contributed by atoms with Crippen LogP contribution in [0.3, 0.4) is 0 Å². The third-order valence-electron chi connectivity index (χ3n) is 4.71. The van der Waals surface area contributed by atoms with E-state index in [-0.39, 0.29) is 5.69 Å². The molecule has 1 aliphatic carbocycles. The number of alkyl carbamates (subject to hydrolysis) is 1. The molecule has 2 aromatic heterocycles. The number of hydrogen-bond acceptors (Lipinski definition) is 6. The summed E-state index contributed by atoms with van der Waals surface area (Å²) in [4.78, 5) is 37.8. The van der Waals surface area contributed by atoms with E-state index >= 15 is 0 Å². The van der Waals surface area contributed by atoms with Gasteiger partial charge in [0.1, 0.15) is 5.00 Å². The van der Waals surface area contributed by atoms with Crippen LogP contribution in [0.2, 0.25) is 0 Å². The van der Waals surface area contributed by atoms with Gasteiger partial charge in [0.05, 0.1) is 12.7 Å². The Morgan fingerprint density at radius 2 is 2.07 bits per heavy atom. The molecule has 2 heterocycles. The standard InChI is InChI=1S/C18H22N4O4S/c1-9-5-6-11-13(7-9)27-17(14(11)16(24)20-18(25)26-4)19-15(23)12-8-10(2)22(3)21-12/h8-9H,5-7H2,1-4H3,(H,19,23)(H,20,24,25). The van der Waals surface area contributed by atoms with Gasteiger partial charge in [-0.2, -0.15) is 5.10 Å². The first-order chi connectivity index (χ1) is 12.8. The van der Waals surface area contributed by atoms with Crippen LogP contribution >= 0.6 is 11.3 Å². The van der Waals surface area contributed by atoms with Gasteiger partial charge in [0.15, 0.2) is 5.69 Å². The molecule has 0 spiro atoms. The fraction of sp³-hybridized carbons (Fsp3) is 0.444. The average Bonchev–Trinajstić information content (AvgIpc) is 3.14. The molecule has 2 aromatic rings. The smallest absolute Gasteiger partial charge is 0.413 e. The number of nitrogens with one attached hydrogen (secondary N) is 2. The third kappa shape index (κ3) is 3.87. The van der Waals surface area contributed by atoms with Crippen LogP contribution in [0.5, 0.6) is 0 Å². The number of imide groups is 1. The second-order valence-electron chi connectivity index (χ2n) is 6.75. The molecular weight excluding hydrogens is 368 g/mol. The number of amides is 3. The lowest BCUT2D eigenvalue weighted by Gasteiger charge is -2.18. The highest BCUT2D eigenvalue weighted by atomic mass is 32.1. The highest BCUT2D eigenvalue weighted by Gasteiger charge is 2.29. The third-order valence-corrected chi connectivity index (χ3v) is 5.88. The maximum Gasteiger partial charge on any atom is 0.413 e. The van der Waals surface area contributed by atoms with Crippen LogP contribution in [0.15, 0.2) is 6.07 Å². The molecule has 27 heavy (non-hydrogen) atoms. The summed E-state index contributed by atoms with van der Waals surface area (Å²) in [6.07, 6.45) is 1.70. The Bertz CT molecular complexity index is 895. The number of methoxy groups -OCH3 is 1. The molecule has 2 N–H and O–H groups in total. The summed E-state index contributed by atoms with van der Waals surface area (Å²) in [6, 6.07) is 1.68. The Morgan fingerprint density at radius 3 is 2.70 bits per heavy atom. The fourth-order valence-corrected chi connectivity index (χ4v) is 4.53. The number of carbonyl (C=O) groups is 3. The SMILES string of the molecule is COC(=O)NC(=O)c1c(NC(=O)c2cc(C)n(C)n2)sc2c1CCC(C)C2. The van der Waals surface area contributed by atoms with Gasteiger partial charge in [-0.3, -0.25) is 19.6 Å². The zero-order valence-electron chi connectivity index (χ0n) is 15.7. The Balaban J connectivity index is 1.94. The molecule has 3 rings (SSSR count). The molecule has 0 bridgehead atoms. The van der Waals surface area contributed by atoms with Crippen molar-refractivity contribution in [3.8, 4) is 0 Å². The Labute approximate surface area is 160 Å². The van der Waals surface area contributed by atoms with Gasteiger partial charge < -0.3 is 10.1 Å². The Morgan fingerprint density at radius 1 is 1.33 bits per heavy atom. The van der Waals surface area contributed by atoms with Crippen molar-refractivity contribution in [2.45, 2.75) is 33.1 Å². The quantitative estimate of drug-likeness (QED) is 0.839. The summed E-state index contributed by atoms with van der Waals surface area (Å²) in [5.74, 6) is -0.450. The molecule has 0 fully saturated rings. The average molecular weight is 390 g/mol. The van der Waals surface area contributed by atoms with E-state index in [0.717, 1.165) is 35.4 Å². The first-order valence-corrected chi connectivity index (χ1v) is 9.47. The minimum atomic E-state index is -0.832. The van der Waals surface area contributed by atoms with Crippen LogP contribution in [-0.4, -0.2) is 34.8 Å². The van der Waals surface area contributed by atoms with Gasteiger partial charge in [0.25, 0.3) is 11.8 Å². The number of thiophene rings is 1. The van der Waals surface area contributed by atoms with Crippen molar-refractivity contribution >= 4 is 34.2 Å². The lowest BCUT2D eigenvalue weighted by molar-refractivity contribution is 0.0937. The zero-order valence-corrected chi connectivity index (χ0v) is 16.5. The number of aryl methyl sites for hydroxylation is 2. The second-order valence-corrected chi connectivity index (χ2v) is 7.86. The van der Waals surface area contributed by atoms with Crippen LogP contribution in [0.1, 0.15) is 50.3 Å². The molecule has 144 valence electrons. The van der Waals surface area contributed by atoms with Gasteiger partial charge in [-0.1, -0.05) is 6.92 Å². The van der Waals surface area contributed by atoms with E-state index in [1.54, 1.807) is 17.8 Å². The van der Waals surface area contributed by atoms with Crippen molar-refractivity contribution in [2.75, 3.05) is 12.4 Å². The topological polar surface area (TPSA) is 102 Å². The summed E-state index contributed by atoms with van der Waals surface area (Å²) < 4.78 is 6.13. The number of fused-ring (bicyclic) bond motifs is 1. The molecule has 0 radical (unpaired) electrons. The van der Waals surface area contributed by atoms with Crippen molar-refractivity contribution in [3.05, 3.63) is 33.5 Å². The monoisotopic (exact) mass is 390 g/mol. The first-order valence-electron chi connectivity index (χ1n) is 8.66. The van der Waals surface area contributed by atoms with E-state index in [1.165, 1.54) is 18.4 Å². The minimum Gasteiger partial charge on any atom is -0.453 e. The second kappa shape index (κ2) is 7.51. The van der Waals surface area contributed by atoms with Crippen molar-refractivity contribution in [1.82, 2.24) is 15.1 Å². The fourth-order valence-electron chi connectivity index (χ4n) is 3.12. The number of carbonyl (C=O) groups excluding carboxylic acids is 3. The molecule has 0 aliphatic heterocycles. The summed E-state index contributed by atoms with van der Waals surface area (Å²) in [5.41, 5.74) is 2.36. The number of rotatable bonds is 3. The normalized spacial score (nSPS) is 15.8. The number of aromatic nitrogens is 2. The van der Waals surface area contributed by atoms with E-state index in [9.17, 15) is 14.4 Å². The largest absolute Gasteiger partial charge is 0.453 e. The van der Waals surface area contributed by atoms with Gasteiger partial charge in [-0.15, -0.1) is 11.3 Å². The van der Waals surface area contributed by atoms with Crippen LogP contribution in [0, 0.1) is 12.8 Å². The van der Waals surface area contributed by atoms with Crippen LogP contribution in [-0.2, 0) is 24.6 Å². The number of hydrogen-bond donors (Lipinski definition) is 2. The van der Waals surface area contributed by atoms with Gasteiger partial charge in [0, 0.05) is 17.6 Å². The van der Waals surface area contributed by atoms with Gasteiger partial charge >= 0.3 is 6.09 Å². The zero-order chi connectivity index (χ0) is 19.7. The molecule has 0 saturated carbocycles. The van der Waals surface area contributed by atoms with Gasteiger partial charge in [0.2, 0.25) is 0 Å². The molecule has 1 unspecified atom stereocenters. The van der Waals surface area contributed by atoms with Crippen LogP contribution in [0.25, 0.3) is 0 Å². The number of nitrogens with zero attached hydrogens (tertiary/aromatic N) is 2. The van der Waals surface area contributed by atoms with E-state index in [4.69, 9.17) is 0 Å². The highest BCUT2D eigenvalue weighted by Crippen LogP contribution is 2.39.